The van der Waals surface area contributed by atoms with Crippen molar-refractivity contribution in [2.75, 3.05) is 26.3 Å². The molecule has 8 nitrogen and oxygen atoms in total. The maximum absolute atomic E-state index is 12.9. The van der Waals surface area contributed by atoms with Gasteiger partial charge in [0, 0.05) is 64.4 Å². The molecule has 1 aliphatic heterocycles. The monoisotopic (exact) mass is 478 g/mol. The molecule has 0 bridgehead atoms. The van der Waals surface area contributed by atoms with E-state index in [0.29, 0.717) is 37.5 Å². The number of hydrogen-bond donors (Lipinski definition) is 1. The quantitative estimate of drug-likeness (QED) is 0.274. The van der Waals surface area contributed by atoms with E-state index in [1.54, 1.807) is 17.0 Å². The van der Waals surface area contributed by atoms with E-state index in [2.05, 4.69) is 9.97 Å². The maximum atomic E-state index is 12.9. The molecule has 0 spiro atoms. The van der Waals surface area contributed by atoms with Crippen LogP contribution in [0.15, 0.2) is 79.0 Å². The topological polar surface area (TPSA) is 101 Å². The molecule has 0 saturated carbocycles. The number of aromatic nitrogens is 2. The van der Waals surface area contributed by atoms with Crippen molar-refractivity contribution in [1.82, 2.24) is 14.9 Å². The molecule has 0 unspecified atom stereocenters. The lowest BCUT2D eigenvalue weighted by molar-refractivity contribution is -0.384. The van der Waals surface area contributed by atoms with Crippen molar-refractivity contribution in [3.8, 4) is 22.3 Å². The second-order valence-electron chi connectivity index (χ2n) is 8.73. The highest BCUT2D eigenvalue weighted by Crippen LogP contribution is 2.41. The lowest BCUT2D eigenvalue weighted by Gasteiger charge is -2.26. The van der Waals surface area contributed by atoms with Crippen molar-refractivity contribution in [3.05, 3.63) is 94.7 Å². The van der Waals surface area contributed by atoms with E-state index in [1.807, 2.05) is 60.8 Å². The predicted molar refractivity (Wildman–Crippen MR) is 138 cm³/mol. The van der Waals surface area contributed by atoms with Crippen molar-refractivity contribution in [2.45, 2.75) is 0 Å². The summed E-state index contributed by atoms with van der Waals surface area (Å²) in [6.07, 6.45) is 1.81. The summed E-state index contributed by atoms with van der Waals surface area (Å²) in [7, 11) is 0. The number of hydrogen-bond acceptors (Lipinski definition) is 5. The van der Waals surface area contributed by atoms with Gasteiger partial charge in [-0.15, -0.1) is 0 Å². The van der Waals surface area contributed by atoms with Gasteiger partial charge in [-0.25, -0.2) is 4.98 Å². The molecule has 1 amide bonds. The Bertz CT molecular complexity index is 1600. The van der Waals surface area contributed by atoms with Crippen molar-refractivity contribution in [3.63, 3.8) is 0 Å². The number of pyridine rings is 1. The standard InChI is InChI=1S/C28H22N4O4/c33-28(31-12-14-36-15-13-31)20-8-6-18(7-9-20)23-17-29-27-26(25(23)19-4-2-1-3-5-19)22-16-21(32(34)35)10-11-24(22)30-27/h1-11,16-17H,12-15H2,(H,29,30). The Labute approximate surface area is 206 Å². The Morgan fingerprint density at radius 3 is 2.44 bits per heavy atom. The van der Waals surface area contributed by atoms with Crippen molar-refractivity contribution >= 4 is 33.5 Å². The third-order valence-electron chi connectivity index (χ3n) is 6.62. The van der Waals surface area contributed by atoms with E-state index in [-0.39, 0.29) is 16.5 Å². The number of fused-ring (bicyclic) bond motifs is 3. The van der Waals surface area contributed by atoms with Gasteiger partial charge in [0.15, 0.2) is 0 Å². The Hall–Kier alpha value is -4.56. The minimum Gasteiger partial charge on any atom is -0.378 e. The average Bonchev–Trinajstić information content (AvgIpc) is 3.31. The molecule has 0 radical (unpaired) electrons. The molecule has 36 heavy (non-hydrogen) atoms. The highest BCUT2D eigenvalue weighted by Gasteiger charge is 2.21. The van der Waals surface area contributed by atoms with Crippen LogP contribution in [0.4, 0.5) is 5.69 Å². The summed E-state index contributed by atoms with van der Waals surface area (Å²) < 4.78 is 5.36. The van der Waals surface area contributed by atoms with Gasteiger partial charge in [0.25, 0.3) is 11.6 Å². The third-order valence-corrected chi connectivity index (χ3v) is 6.62. The van der Waals surface area contributed by atoms with Crippen LogP contribution in [0, 0.1) is 10.1 Å². The third kappa shape index (κ3) is 3.77. The number of carbonyl (C=O) groups is 1. The Morgan fingerprint density at radius 2 is 1.72 bits per heavy atom. The molecule has 2 aromatic heterocycles. The zero-order valence-corrected chi connectivity index (χ0v) is 19.3. The number of H-pyrrole nitrogens is 1. The molecule has 1 fully saturated rings. The average molecular weight is 479 g/mol. The Kier molecular flexibility index (Phi) is 5.42. The number of rotatable bonds is 4. The van der Waals surface area contributed by atoms with Gasteiger partial charge < -0.3 is 14.6 Å². The van der Waals surface area contributed by atoms with E-state index < -0.39 is 0 Å². The fourth-order valence-electron chi connectivity index (χ4n) is 4.82. The zero-order valence-electron chi connectivity index (χ0n) is 19.3. The largest absolute Gasteiger partial charge is 0.378 e. The summed E-state index contributed by atoms with van der Waals surface area (Å²) in [5, 5.41) is 13.1. The van der Waals surface area contributed by atoms with Gasteiger partial charge in [-0.2, -0.15) is 0 Å². The molecule has 3 heterocycles. The van der Waals surface area contributed by atoms with Crippen LogP contribution in [0.2, 0.25) is 0 Å². The molecular weight excluding hydrogens is 456 g/mol. The Balaban J connectivity index is 1.52. The number of morpholine rings is 1. The number of nitrogens with zero attached hydrogens (tertiary/aromatic N) is 3. The van der Waals surface area contributed by atoms with Crippen molar-refractivity contribution in [1.29, 1.82) is 0 Å². The van der Waals surface area contributed by atoms with E-state index in [0.717, 1.165) is 38.5 Å². The second-order valence-corrected chi connectivity index (χ2v) is 8.73. The highest BCUT2D eigenvalue weighted by molar-refractivity contribution is 6.16. The summed E-state index contributed by atoms with van der Waals surface area (Å²) in [5.74, 6) is -0.00866. The number of carbonyl (C=O) groups excluding carboxylic acids is 1. The van der Waals surface area contributed by atoms with Crippen molar-refractivity contribution < 1.29 is 14.5 Å². The highest BCUT2D eigenvalue weighted by atomic mass is 16.6. The van der Waals surface area contributed by atoms with Gasteiger partial charge in [0.05, 0.1) is 18.1 Å². The zero-order chi connectivity index (χ0) is 24.6. The maximum Gasteiger partial charge on any atom is 0.270 e. The van der Waals surface area contributed by atoms with Gasteiger partial charge in [0.1, 0.15) is 5.65 Å². The molecule has 6 rings (SSSR count). The number of non-ortho nitro benzene ring substituents is 1. The molecule has 178 valence electrons. The summed E-state index contributed by atoms with van der Waals surface area (Å²) in [6, 6.07) is 22.3. The molecule has 0 atom stereocenters. The van der Waals surface area contributed by atoms with Crippen LogP contribution in [0.1, 0.15) is 10.4 Å². The first kappa shape index (κ1) is 21.9. The van der Waals surface area contributed by atoms with Crippen LogP contribution in [-0.4, -0.2) is 52.0 Å². The molecule has 1 aliphatic rings. The van der Waals surface area contributed by atoms with Crippen LogP contribution in [0.25, 0.3) is 44.2 Å². The predicted octanol–water partition coefficient (Wildman–Crippen LogP) is 5.43. The van der Waals surface area contributed by atoms with Crippen molar-refractivity contribution in [2.24, 2.45) is 0 Å². The lowest BCUT2D eigenvalue weighted by atomic mass is 9.92. The van der Waals surface area contributed by atoms with Crippen LogP contribution in [0.5, 0.6) is 0 Å². The summed E-state index contributed by atoms with van der Waals surface area (Å²) in [5.41, 5.74) is 5.78. The van der Waals surface area contributed by atoms with E-state index in [1.165, 1.54) is 6.07 Å². The van der Waals surface area contributed by atoms with Crippen LogP contribution in [-0.2, 0) is 4.74 Å². The SMILES string of the molecule is O=C(c1ccc(-c2cnc3[nH]c4ccc([N+](=O)[O-])cc4c3c2-c2ccccc2)cc1)N1CCOCC1. The Morgan fingerprint density at radius 1 is 0.972 bits per heavy atom. The van der Waals surface area contributed by atoms with Gasteiger partial charge in [-0.3, -0.25) is 14.9 Å². The first-order valence-electron chi connectivity index (χ1n) is 11.7. The summed E-state index contributed by atoms with van der Waals surface area (Å²) in [6.45, 7) is 2.29. The van der Waals surface area contributed by atoms with Gasteiger partial charge in [-0.05, 0) is 29.3 Å². The number of benzene rings is 3. The minimum atomic E-state index is -0.387. The van der Waals surface area contributed by atoms with Gasteiger partial charge in [0.2, 0.25) is 0 Å². The summed E-state index contributed by atoms with van der Waals surface area (Å²) >= 11 is 0. The number of nitro benzene ring substituents is 1. The number of ether oxygens (including phenoxy) is 1. The minimum absolute atomic E-state index is 0.00866. The van der Waals surface area contributed by atoms with Crippen LogP contribution < -0.4 is 0 Å². The smallest absolute Gasteiger partial charge is 0.270 e. The fraction of sp³-hybridized carbons (Fsp3) is 0.143. The van der Waals surface area contributed by atoms with E-state index in [4.69, 9.17) is 4.74 Å². The number of nitrogens with one attached hydrogen (secondary N) is 1. The molecular formula is C28H22N4O4. The van der Waals surface area contributed by atoms with E-state index in [9.17, 15) is 14.9 Å². The molecule has 1 N–H and O–H groups in total. The molecule has 8 heteroatoms. The number of amides is 1. The number of aromatic amines is 1. The molecule has 3 aromatic carbocycles. The molecule has 5 aromatic rings. The lowest BCUT2D eigenvalue weighted by Crippen LogP contribution is -2.40. The van der Waals surface area contributed by atoms with Gasteiger partial charge >= 0.3 is 0 Å². The van der Waals surface area contributed by atoms with E-state index >= 15 is 0 Å². The summed E-state index contributed by atoms with van der Waals surface area (Å²) in [4.78, 5) is 33.8. The first-order valence-corrected chi connectivity index (χ1v) is 11.7. The number of nitro groups is 1. The molecule has 1 saturated heterocycles. The fourth-order valence-corrected chi connectivity index (χ4v) is 4.82. The molecule has 0 aliphatic carbocycles. The normalized spacial score (nSPS) is 13.8. The first-order chi connectivity index (χ1) is 17.6. The second kappa shape index (κ2) is 8.90. The van der Waals surface area contributed by atoms with Crippen LogP contribution >= 0.6 is 0 Å². The van der Waals surface area contributed by atoms with Gasteiger partial charge in [-0.1, -0.05) is 42.5 Å². The van der Waals surface area contributed by atoms with Crippen LogP contribution in [0.3, 0.4) is 0 Å².